The third kappa shape index (κ3) is 5.39. The molecule has 0 amide bonds. The Kier molecular flexibility index (Phi) is 7.74. The van der Waals surface area contributed by atoms with E-state index in [1.54, 1.807) is 0 Å². The minimum Gasteiger partial charge on any atom is -0.746 e. The molecular weight excluding hydrogens is 449 g/mol. The van der Waals surface area contributed by atoms with E-state index in [1.807, 2.05) is 0 Å². The molecule has 0 spiro atoms. The molecule has 0 saturated carbocycles. The van der Waals surface area contributed by atoms with Crippen LogP contribution in [-0.4, -0.2) is 73.2 Å². The zero-order valence-corrected chi connectivity index (χ0v) is 18.0. The van der Waals surface area contributed by atoms with Crippen LogP contribution in [0.2, 0.25) is 0 Å². The van der Waals surface area contributed by atoms with Crippen LogP contribution in [0.3, 0.4) is 0 Å². The van der Waals surface area contributed by atoms with Gasteiger partial charge in [0.1, 0.15) is 30.2 Å². The summed E-state index contributed by atoms with van der Waals surface area (Å²) in [5, 5.41) is 20.7. The molecule has 2 aromatic rings. The van der Waals surface area contributed by atoms with Crippen LogP contribution in [0.5, 0.6) is 0 Å². The molecule has 1 aliphatic rings. The summed E-state index contributed by atoms with van der Waals surface area (Å²) in [6, 6.07) is -0.879. The lowest BCUT2D eigenvalue weighted by Crippen LogP contribution is -2.65. The van der Waals surface area contributed by atoms with Crippen molar-refractivity contribution in [2.75, 3.05) is 18.9 Å². The lowest BCUT2D eigenvalue weighted by molar-refractivity contribution is -0.410. The van der Waals surface area contributed by atoms with Crippen LogP contribution in [0.1, 0.15) is 25.5 Å². The second kappa shape index (κ2) is 10.1. The number of hydrogen-bond donors (Lipinski definition) is 5. The first kappa shape index (κ1) is 24.4. The van der Waals surface area contributed by atoms with E-state index in [-0.39, 0.29) is 17.0 Å². The number of nitrogens with zero attached hydrogens (tertiary/aromatic N) is 4. The van der Waals surface area contributed by atoms with E-state index in [9.17, 15) is 24.5 Å². The molecule has 1 aliphatic heterocycles. The van der Waals surface area contributed by atoms with Crippen molar-refractivity contribution in [3.05, 3.63) is 12.7 Å². The number of rotatable bonds is 10. The monoisotopic (exact) mass is 476 g/mol. The third-order valence-electron chi connectivity index (χ3n) is 4.98. The van der Waals surface area contributed by atoms with Crippen LogP contribution >= 0.6 is 7.82 Å². The number of unbranched alkanes of at least 4 members (excludes halogenated alkanes) is 1. The quantitative estimate of drug-likeness (QED) is 0.163. The number of carbonyl (C=O) groups excluding carboxylic acids is 1. The van der Waals surface area contributed by atoms with Gasteiger partial charge in [-0.05, 0) is 12.8 Å². The van der Waals surface area contributed by atoms with Crippen LogP contribution in [0.15, 0.2) is 12.7 Å². The van der Waals surface area contributed by atoms with Gasteiger partial charge in [-0.15, -0.1) is 0 Å². The molecular formula is C16H27N7O8P+. The summed E-state index contributed by atoms with van der Waals surface area (Å²) >= 11 is 0. The Morgan fingerprint density at radius 1 is 1.34 bits per heavy atom. The number of fused-ring (bicyclic) bond motifs is 1. The molecule has 6 atom stereocenters. The number of aliphatic hydroxyl groups is 2. The van der Waals surface area contributed by atoms with Gasteiger partial charge in [-0.25, -0.2) is 19.7 Å². The number of phosphoric ester groups is 1. The van der Waals surface area contributed by atoms with Gasteiger partial charge in [0.25, 0.3) is 0 Å². The topological polar surface area (TPSA) is 250 Å². The fourth-order valence-corrected chi connectivity index (χ4v) is 3.97. The van der Waals surface area contributed by atoms with Crippen molar-refractivity contribution >= 4 is 30.8 Å². The maximum absolute atomic E-state index is 12.0. The number of phosphoric acid groups is 1. The van der Waals surface area contributed by atoms with Crippen LogP contribution < -0.4 is 22.1 Å². The second-order valence-electron chi connectivity index (χ2n) is 7.33. The van der Waals surface area contributed by atoms with Crippen molar-refractivity contribution < 1.29 is 49.7 Å². The van der Waals surface area contributed by atoms with Gasteiger partial charge in [0.15, 0.2) is 23.7 Å². The van der Waals surface area contributed by atoms with E-state index in [2.05, 4.69) is 30.9 Å². The highest BCUT2D eigenvalue weighted by Gasteiger charge is 2.45. The van der Waals surface area contributed by atoms with Gasteiger partial charge in [-0.3, -0.25) is 9.13 Å². The number of quaternary nitrogens is 2. The Morgan fingerprint density at radius 3 is 2.81 bits per heavy atom. The molecule has 1 saturated heterocycles. The molecule has 0 aromatic carbocycles. The highest BCUT2D eigenvalue weighted by Crippen LogP contribution is 2.41. The molecule has 10 N–H and O–H groups in total. The molecule has 15 nitrogen and oxygen atoms in total. The lowest BCUT2D eigenvalue weighted by atomic mass is 10.1. The van der Waals surface area contributed by atoms with E-state index >= 15 is 0 Å². The van der Waals surface area contributed by atoms with Crippen LogP contribution in [-0.2, 0) is 23.1 Å². The third-order valence-corrected chi connectivity index (χ3v) is 5.85. The highest BCUT2D eigenvalue weighted by atomic mass is 31.2. The Hall–Kier alpha value is -2.23. The lowest BCUT2D eigenvalue weighted by Gasteiger charge is -2.25. The Morgan fingerprint density at radius 2 is 2.09 bits per heavy atom. The maximum atomic E-state index is 12.0. The molecule has 1 fully saturated rings. The predicted molar refractivity (Wildman–Crippen MR) is 104 cm³/mol. The molecule has 2 aromatic heterocycles. The fourth-order valence-electron chi connectivity index (χ4n) is 3.21. The summed E-state index contributed by atoms with van der Waals surface area (Å²) in [4.78, 5) is 35.8. The number of nitrogen functional groups attached to an aromatic ring is 1. The van der Waals surface area contributed by atoms with Crippen molar-refractivity contribution in [1.82, 2.24) is 19.5 Å². The SMILES string of the molecule is Nc1ncnc2c1ncn2[C@@H]1O[C@H](COP(=O)([O-])OC(=O)[C@@H]([NH3+])CCCC[NH3+])[C@@H](O)[C@H]1O. The summed E-state index contributed by atoms with van der Waals surface area (Å²) in [6.07, 6.45) is -1.09. The predicted octanol–water partition coefficient (Wildman–Crippen LogP) is -3.92. The molecule has 16 heteroatoms. The Bertz CT molecular complexity index is 990. The van der Waals surface area contributed by atoms with Crippen molar-refractivity contribution in [3.63, 3.8) is 0 Å². The summed E-state index contributed by atoms with van der Waals surface area (Å²) in [7, 11) is -5.05. The summed E-state index contributed by atoms with van der Waals surface area (Å²) in [5.41, 5.74) is 13.5. The first-order chi connectivity index (χ1) is 15.1. The number of aromatic nitrogens is 4. The summed E-state index contributed by atoms with van der Waals surface area (Å²) in [5.74, 6) is -0.925. The maximum Gasteiger partial charge on any atom is 0.370 e. The average molecular weight is 476 g/mol. The van der Waals surface area contributed by atoms with Gasteiger partial charge >= 0.3 is 13.8 Å². The van der Waals surface area contributed by atoms with Crippen LogP contribution in [0.4, 0.5) is 5.82 Å². The fraction of sp³-hybridized carbons (Fsp3) is 0.625. The van der Waals surface area contributed by atoms with E-state index in [1.165, 1.54) is 17.2 Å². The zero-order chi connectivity index (χ0) is 23.5. The standard InChI is InChI=1S/C16H26N7O8P/c17-4-2-1-3-8(18)16(26)31-32(27,28)29-5-9-11(24)12(25)15(30-9)23-7-22-10-13(19)20-6-21-14(10)23/h6-9,11-12,15,24-25H,1-5,17-18H2,(H,27,28)(H2,19,20,21)/p+1/t8-,9+,11+,12+,15+/m0/s1. The smallest absolute Gasteiger partial charge is 0.370 e. The zero-order valence-electron chi connectivity index (χ0n) is 17.1. The van der Waals surface area contributed by atoms with Crippen molar-refractivity contribution in [2.45, 2.75) is 49.8 Å². The first-order valence-corrected chi connectivity index (χ1v) is 11.4. The number of nitrogens with two attached hydrogens (primary N) is 1. The van der Waals surface area contributed by atoms with Gasteiger partial charge in [0, 0.05) is 6.42 Å². The normalized spacial score (nSPS) is 26.2. The van der Waals surface area contributed by atoms with Crippen LogP contribution in [0, 0.1) is 0 Å². The number of carbonyl (C=O) groups is 1. The number of ether oxygens (including phenoxy) is 1. The largest absolute Gasteiger partial charge is 0.746 e. The molecule has 0 bridgehead atoms. The average Bonchev–Trinajstić information content (AvgIpc) is 3.29. The number of aliphatic hydroxyl groups excluding tert-OH is 2. The van der Waals surface area contributed by atoms with Gasteiger partial charge in [0.05, 0.1) is 19.5 Å². The molecule has 0 aliphatic carbocycles. The summed E-state index contributed by atoms with van der Waals surface area (Å²) in [6.45, 7) is -0.00740. The highest BCUT2D eigenvalue weighted by molar-refractivity contribution is 7.46. The van der Waals surface area contributed by atoms with E-state index in [4.69, 9.17) is 15.0 Å². The van der Waals surface area contributed by atoms with Crippen molar-refractivity contribution in [2.24, 2.45) is 0 Å². The van der Waals surface area contributed by atoms with Crippen molar-refractivity contribution in [1.29, 1.82) is 0 Å². The van der Waals surface area contributed by atoms with Crippen molar-refractivity contribution in [3.8, 4) is 0 Å². The molecule has 32 heavy (non-hydrogen) atoms. The Balaban J connectivity index is 1.60. The molecule has 178 valence electrons. The number of imidazole rings is 1. The molecule has 0 radical (unpaired) electrons. The summed E-state index contributed by atoms with van der Waals surface area (Å²) < 4.78 is 28.1. The van der Waals surface area contributed by atoms with E-state index in [0.29, 0.717) is 19.4 Å². The van der Waals surface area contributed by atoms with E-state index < -0.39 is 51.0 Å². The minimum atomic E-state index is -5.05. The molecule has 3 rings (SSSR count). The number of hydrogen-bond acceptors (Lipinski definition) is 12. The minimum absolute atomic E-state index is 0.117. The first-order valence-electron chi connectivity index (χ1n) is 9.90. The second-order valence-corrected chi connectivity index (χ2v) is 8.66. The number of anilines is 1. The van der Waals surface area contributed by atoms with Gasteiger partial charge in [-0.1, -0.05) is 0 Å². The van der Waals surface area contributed by atoms with Gasteiger partial charge < -0.3 is 46.1 Å². The molecule has 1 unspecified atom stereocenters. The molecule has 3 heterocycles. The van der Waals surface area contributed by atoms with E-state index in [0.717, 1.165) is 6.42 Å². The van der Waals surface area contributed by atoms with Gasteiger partial charge in [-0.2, -0.15) is 0 Å². The van der Waals surface area contributed by atoms with Gasteiger partial charge in [0.2, 0.25) is 0 Å². The Labute approximate surface area is 182 Å². The van der Waals surface area contributed by atoms with Crippen LogP contribution in [0.25, 0.3) is 11.2 Å².